The van der Waals surface area contributed by atoms with Crippen LogP contribution in [-0.4, -0.2) is 9.97 Å². The molecule has 0 aliphatic heterocycles. The van der Waals surface area contributed by atoms with Gasteiger partial charge in [-0.2, -0.15) is 0 Å². The second kappa shape index (κ2) is 5.28. The van der Waals surface area contributed by atoms with Crippen LogP contribution in [0.1, 0.15) is 5.56 Å². The number of benzene rings is 1. The summed E-state index contributed by atoms with van der Waals surface area (Å²) < 4.78 is 1.12. The molecule has 2 aromatic heterocycles. The van der Waals surface area contributed by atoms with Gasteiger partial charge in [-0.1, -0.05) is 24.3 Å². The molecule has 0 atom stereocenters. The SMILES string of the molecule is NCc1ccc(-c2ncc(-c3ccc(Br)s3)[nH]2)cc1. The number of nitrogens with one attached hydrogen (secondary N) is 1. The lowest BCUT2D eigenvalue weighted by molar-refractivity contribution is 1.07. The van der Waals surface area contributed by atoms with Crippen LogP contribution in [-0.2, 0) is 6.54 Å². The van der Waals surface area contributed by atoms with Crippen LogP contribution >= 0.6 is 27.3 Å². The minimum Gasteiger partial charge on any atom is -0.337 e. The van der Waals surface area contributed by atoms with Crippen LogP contribution in [0.3, 0.4) is 0 Å². The molecular formula is C14H12BrN3S. The van der Waals surface area contributed by atoms with E-state index in [1.807, 2.05) is 36.5 Å². The first kappa shape index (κ1) is 12.6. The third-order valence-corrected chi connectivity index (χ3v) is 4.53. The van der Waals surface area contributed by atoms with Crippen molar-refractivity contribution in [2.24, 2.45) is 5.73 Å². The fourth-order valence-corrected chi connectivity index (χ4v) is 3.20. The van der Waals surface area contributed by atoms with Crippen molar-refractivity contribution >= 4 is 27.3 Å². The minimum absolute atomic E-state index is 0.562. The second-order valence-electron chi connectivity index (χ2n) is 4.15. The van der Waals surface area contributed by atoms with Crippen LogP contribution in [0.4, 0.5) is 0 Å². The topological polar surface area (TPSA) is 54.7 Å². The molecule has 0 fully saturated rings. The van der Waals surface area contributed by atoms with E-state index in [9.17, 15) is 0 Å². The van der Waals surface area contributed by atoms with Crippen LogP contribution in [0.5, 0.6) is 0 Å². The summed E-state index contributed by atoms with van der Waals surface area (Å²) >= 11 is 5.15. The van der Waals surface area contributed by atoms with E-state index in [1.165, 1.54) is 4.88 Å². The molecule has 0 saturated heterocycles. The van der Waals surface area contributed by atoms with E-state index in [-0.39, 0.29) is 0 Å². The fourth-order valence-electron chi connectivity index (χ4n) is 1.85. The summed E-state index contributed by atoms with van der Waals surface area (Å²) in [5, 5.41) is 0. The Kier molecular flexibility index (Phi) is 3.50. The van der Waals surface area contributed by atoms with Crippen molar-refractivity contribution in [3.63, 3.8) is 0 Å². The Bertz CT molecular complexity index is 685. The molecule has 2 heterocycles. The number of hydrogen-bond donors (Lipinski definition) is 2. The van der Waals surface area contributed by atoms with Crippen LogP contribution < -0.4 is 5.73 Å². The van der Waals surface area contributed by atoms with Gasteiger partial charge in [-0.25, -0.2) is 4.98 Å². The molecule has 3 aromatic rings. The monoisotopic (exact) mass is 333 g/mol. The van der Waals surface area contributed by atoms with E-state index in [0.717, 1.165) is 26.4 Å². The van der Waals surface area contributed by atoms with Crippen molar-refractivity contribution in [3.05, 3.63) is 51.9 Å². The molecule has 3 rings (SSSR count). The molecule has 5 heteroatoms. The molecule has 1 aromatic carbocycles. The van der Waals surface area contributed by atoms with E-state index >= 15 is 0 Å². The predicted molar refractivity (Wildman–Crippen MR) is 82.9 cm³/mol. The Hall–Kier alpha value is -1.43. The largest absolute Gasteiger partial charge is 0.337 e. The van der Waals surface area contributed by atoms with Crippen LogP contribution in [0.2, 0.25) is 0 Å². The van der Waals surface area contributed by atoms with Crippen LogP contribution in [0, 0.1) is 0 Å². The van der Waals surface area contributed by atoms with Gasteiger partial charge in [0.05, 0.1) is 20.6 Å². The van der Waals surface area contributed by atoms with E-state index in [4.69, 9.17) is 5.73 Å². The molecule has 0 radical (unpaired) electrons. The number of H-pyrrole nitrogens is 1. The molecule has 0 bridgehead atoms. The van der Waals surface area contributed by atoms with Gasteiger partial charge in [0.1, 0.15) is 5.82 Å². The summed E-state index contributed by atoms with van der Waals surface area (Å²) in [6, 6.07) is 12.2. The van der Waals surface area contributed by atoms with Gasteiger partial charge in [0.2, 0.25) is 0 Å². The van der Waals surface area contributed by atoms with E-state index in [0.29, 0.717) is 6.54 Å². The lowest BCUT2D eigenvalue weighted by Gasteiger charge is -1.99. The summed E-state index contributed by atoms with van der Waals surface area (Å²) in [5.74, 6) is 0.878. The Balaban J connectivity index is 1.91. The lowest BCUT2D eigenvalue weighted by Crippen LogP contribution is -1.95. The lowest BCUT2D eigenvalue weighted by atomic mass is 10.1. The maximum Gasteiger partial charge on any atom is 0.137 e. The number of hydrogen-bond acceptors (Lipinski definition) is 3. The van der Waals surface area contributed by atoms with E-state index in [2.05, 4.69) is 32.0 Å². The van der Waals surface area contributed by atoms with Gasteiger partial charge in [-0.3, -0.25) is 0 Å². The average Bonchev–Trinajstić information content (AvgIpc) is 3.07. The third kappa shape index (κ3) is 2.63. The smallest absolute Gasteiger partial charge is 0.137 e. The highest BCUT2D eigenvalue weighted by Crippen LogP contribution is 2.31. The molecule has 0 saturated carbocycles. The van der Waals surface area contributed by atoms with Crippen molar-refractivity contribution in [1.82, 2.24) is 9.97 Å². The number of thiophene rings is 1. The Labute approximate surface area is 123 Å². The van der Waals surface area contributed by atoms with Crippen LogP contribution in [0.15, 0.2) is 46.4 Å². The highest BCUT2D eigenvalue weighted by atomic mass is 79.9. The second-order valence-corrected chi connectivity index (χ2v) is 6.61. The molecular weight excluding hydrogens is 322 g/mol. The van der Waals surface area contributed by atoms with Crippen molar-refractivity contribution in [1.29, 1.82) is 0 Å². The maximum absolute atomic E-state index is 5.59. The summed E-state index contributed by atoms with van der Waals surface area (Å²) in [6.07, 6.45) is 1.87. The van der Waals surface area contributed by atoms with Gasteiger partial charge < -0.3 is 10.7 Å². The van der Waals surface area contributed by atoms with Crippen molar-refractivity contribution in [2.75, 3.05) is 0 Å². The number of halogens is 1. The van der Waals surface area contributed by atoms with Crippen molar-refractivity contribution in [2.45, 2.75) is 6.54 Å². The molecule has 3 N–H and O–H groups in total. The molecule has 96 valence electrons. The number of nitrogens with two attached hydrogens (primary N) is 1. The first-order valence-corrected chi connectivity index (χ1v) is 7.47. The third-order valence-electron chi connectivity index (χ3n) is 2.88. The Morgan fingerprint density at radius 1 is 1.16 bits per heavy atom. The van der Waals surface area contributed by atoms with Crippen molar-refractivity contribution < 1.29 is 0 Å². The summed E-state index contributed by atoms with van der Waals surface area (Å²) in [4.78, 5) is 8.95. The van der Waals surface area contributed by atoms with Gasteiger partial charge in [-0.15, -0.1) is 11.3 Å². The maximum atomic E-state index is 5.59. The molecule has 0 amide bonds. The van der Waals surface area contributed by atoms with Gasteiger partial charge in [0, 0.05) is 12.1 Å². The normalized spacial score (nSPS) is 10.8. The molecule has 3 nitrogen and oxygen atoms in total. The average molecular weight is 334 g/mol. The highest BCUT2D eigenvalue weighted by Gasteiger charge is 2.07. The first-order valence-electron chi connectivity index (χ1n) is 5.86. The summed E-state index contributed by atoms with van der Waals surface area (Å²) in [5.41, 5.74) is 8.82. The van der Waals surface area contributed by atoms with Gasteiger partial charge in [0.25, 0.3) is 0 Å². The summed E-state index contributed by atoms with van der Waals surface area (Å²) in [7, 11) is 0. The van der Waals surface area contributed by atoms with Gasteiger partial charge in [0.15, 0.2) is 0 Å². The van der Waals surface area contributed by atoms with Gasteiger partial charge >= 0.3 is 0 Å². The standard InChI is InChI=1S/C14H12BrN3S/c15-13-6-5-12(19-13)11-8-17-14(18-11)10-3-1-9(7-16)2-4-10/h1-6,8H,7,16H2,(H,17,18). The number of nitrogens with zero attached hydrogens (tertiary/aromatic N) is 1. The molecule has 0 spiro atoms. The zero-order valence-electron chi connectivity index (χ0n) is 10.1. The Morgan fingerprint density at radius 3 is 2.58 bits per heavy atom. The van der Waals surface area contributed by atoms with E-state index in [1.54, 1.807) is 11.3 Å². The molecule has 0 unspecified atom stereocenters. The summed E-state index contributed by atoms with van der Waals surface area (Å²) in [6.45, 7) is 0.562. The zero-order chi connectivity index (χ0) is 13.2. The number of imidazole rings is 1. The molecule has 0 aliphatic rings. The molecule has 0 aliphatic carbocycles. The number of aromatic amines is 1. The first-order chi connectivity index (χ1) is 9.26. The quantitative estimate of drug-likeness (QED) is 0.760. The van der Waals surface area contributed by atoms with Crippen LogP contribution in [0.25, 0.3) is 22.0 Å². The number of rotatable bonds is 3. The minimum atomic E-state index is 0.562. The number of aromatic nitrogens is 2. The highest BCUT2D eigenvalue weighted by molar-refractivity contribution is 9.11. The van der Waals surface area contributed by atoms with Gasteiger partial charge in [-0.05, 0) is 33.6 Å². The predicted octanol–water partition coefficient (Wildman–Crippen LogP) is 4.03. The fraction of sp³-hybridized carbons (Fsp3) is 0.0714. The zero-order valence-corrected chi connectivity index (χ0v) is 12.5. The van der Waals surface area contributed by atoms with E-state index < -0.39 is 0 Å². The Morgan fingerprint density at radius 2 is 1.95 bits per heavy atom. The molecule has 19 heavy (non-hydrogen) atoms. The van der Waals surface area contributed by atoms with Crippen molar-refractivity contribution in [3.8, 4) is 22.0 Å².